The summed E-state index contributed by atoms with van der Waals surface area (Å²) in [5.74, 6) is -1.82. The summed E-state index contributed by atoms with van der Waals surface area (Å²) in [5, 5.41) is 8.76. The van der Waals surface area contributed by atoms with Gasteiger partial charge in [-0.3, -0.25) is 9.59 Å². The second-order valence-electron chi connectivity index (χ2n) is 8.66. The van der Waals surface area contributed by atoms with Gasteiger partial charge in [-0.1, -0.05) is 13.8 Å². The van der Waals surface area contributed by atoms with Crippen LogP contribution in [0.5, 0.6) is 0 Å². The molecule has 1 aliphatic carbocycles. The fraction of sp³-hybridized carbons (Fsp3) is 0.895. The van der Waals surface area contributed by atoms with Crippen molar-refractivity contribution in [2.24, 2.45) is 23.7 Å². The highest BCUT2D eigenvalue weighted by Gasteiger charge is 2.69. The monoisotopic (exact) mass is 384 g/mol. The smallest absolute Gasteiger partial charge is 0.308 e. The van der Waals surface area contributed by atoms with Crippen molar-refractivity contribution in [3.63, 3.8) is 0 Å². The van der Waals surface area contributed by atoms with Gasteiger partial charge in [0.2, 0.25) is 12.1 Å². The van der Waals surface area contributed by atoms with E-state index in [0.717, 1.165) is 19.3 Å². The molecule has 2 bridgehead atoms. The van der Waals surface area contributed by atoms with Gasteiger partial charge < -0.3 is 19.3 Å². The fourth-order valence-electron chi connectivity index (χ4n) is 5.40. The predicted octanol–water partition coefficient (Wildman–Crippen LogP) is 2.60. The molecule has 5 rings (SSSR count). The fourth-order valence-corrected chi connectivity index (χ4v) is 5.40. The van der Waals surface area contributed by atoms with Crippen molar-refractivity contribution in [3.05, 3.63) is 0 Å². The molecule has 8 atom stereocenters. The molecule has 27 heavy (non-hydrogen) atoms. The number of hydrogen-bond acceptors (Lipinski definition) is 7. The molecule has 5 aliphatic rings. The van der Waals surface area contributed by atoms with Crippen molar-refractivity contribution in [2.75, 3.05) is 0 Å². The van der Waals surface area contributed by atoms with Gasteiger partial charge in [-0.15, -0.1) is 0 Å². The quantitative estimate of drug-likeness (QED) is 0.583. The van der Waals surface area contributed by atoms with E-state index < -0.39 is 35.9 Å². The molecular formula is C19H28O8. The van der Waals surface area contributed by atoms with E-state index in [1.54, 1.807) is 0 Å². The topological polar surface area (TPSA) is 101 Å². The van der Waals surface area contributed by atoms with Gasteiger partial charge >= 0.3 is 11.9 Å². The van der Waals surface area contributed by atoms with E-state index >= 15 is 0 Å². The van der Waals surface area contributed by atoms with E-state index in [1.807, 2.05) is 13.8 Å². The molecular weight excluding hydrogens is 356 g/mol. The lowest BCUT2D eigenvalue weighted by molar-refractivity contribution is -0.576. The lowest BCUT2D eigenvalue weighted by Gasteiger charge is -2.59. The molecule has 0 amide bonds. The zero-order valence-corrected chi connectivity index (χ0v) is 16.0. The molecule has 5 fully saturated rings. The molecule has 0 radical (unpaired) electrons. The Labute approximate surface area is 158 Å². The largest absolute Gasteiger partial charge is 0.481 e. The van der Waals surface area contributed by atoms with E-state index in [9.17, 15) is 9.59 Å². The third-order valence-corrected chi connectivity index (χ3v) is 6.89. The zero-order valence-electron chi connectivity index (χ0n) is 16.0. The van der Waals surface area contributed by atoms with E-state index in [-0.39, 0.29) is 30.6 Å². The lowest BCUT2D eigenvalue weighted by atomic mass is 9.58. The van der Waals surface area contributed by atoms with Crippen molar-refractivity contribution in [2.45, 2.75) is 83.3 Å². The number of fused-ring (bicyclic) bond motifs is 2. The first kappa shape index (κ1) is 19.1. The highest BCUT2D eigenvalue weighted by molar-refractivity contribution is 5.76. The van der Waals surface area contributed by atoms with Gasteiger partial charge in [0.1, 0.15) is 0 Å². The normalized spacial score (nSPS) is 48.4. The highest BCUT2D eigenvalue weighted by atomic mass is 17.3. The SMILES string of the molecule is C[C@H]1[C@H](OC(=O)CCC(=O)O)O[C@@H]2OC3(C)CC[C@H]4[C@H](C)CC[C@@H]1[C@@]24OO3. The summed E-state index contributed by atoms with van der Waals surface area (Å²) in [6.45, 7) is 6.06. The van der Waals surface area contributed by atoms with Crippen molar-refractivity contribution in [3.8, 4) is 0 Å². The van der Waals surface area contributed by atoms with Gasteiger partial charge in [0.15, 0.2) is 11.9 Å². The van der Waals surface area contributed by atoms with Crippen LogP contribution in [0.1, 0.15) is 59.3 Å². The van der Waals surface area contributed by atoms with Crippen LogP contribution in [-0.2, 0) is 33.6 Å². The summed E-state index contributed by atoms with van der Waals surface area (Å²) >= 11 is 0. The molecule has 0 aromatic heterocycles. The van der Waals surface area contributed by atoms with Gasteiger partial charge in [-0.05, 0) is 38.0 Å². The first-order valence-corrected chi connectivity index (χ1v) is 9.86. The van der Waals surface area contributed by atoms with E-state index in [0.29, 0.717) is 12.3 Å². The Bertz CT molecular complexity index is 623. The average Bonchev–Trinajstić information content (AvgIpc) is 2.84. The van der Waals surface area contributed by atoms with Gasteiger partial charge in [0.25, 0.3) is 0 Å². The number of carbonyl (C=O) groups is 2. The Morgan fingerprint density at radius 1 is 1.11 bits per heavy atom. The van der Waals surface area contributed by atoms with E-state index in [4.69, 9.17) is 29.1 Å². The number of aliphatic carboxylic acids is 1. The number of hydrogen-bond donors (Lipinski definition) is 1. The number of esters is 1. The van der Waals surface area contributed by atoms with Crippen LogP contribution in [0.25, 0.3) is 0 Å². The first-order valence-electron chi connectivity index (χ1n) is 9.86. The third kappa shape index (κ3) is 3.06. The molecule has 0 aromatic rings. The van der Waals surface area contributed by atoms with Crippen LogP contribution in [0.4, 0.5) is 0 Å². The maximum Gasteiger partial charge on any atom is 0.308 e. The van der Waals surface area contributed by atoms with Crippen LogP contribution in [0.15, 0.2) is 0 Å². The summed E-state index contributed by atoms with van der Waals surface area (Å²) in [6.07, 6.45) is 1.72. The number of rotatable bonds is 4. The van der Waals surface area contributed by atoms with Crippen LogP contribution in [0.2, 0.25) is 0 Å². The van der Waals surface area contributed by atoms with Crippen molar-refractivity contribution < 1.29 is 38.7 Å². The second-order valence-corrected chi connectivity index (χ2v) is 8.66. The van der Waals surface area contributed by atoms with E-state index in [2.05, 4.69) is 6.92 Å². The third-order valence-electron chi connectivity index (χ3n) is 6.89. The van der Waals surface area contributed by atoms with Crippen LogP contribution >= 0.6 is 0 Å². The Morgan fingerprint density at radius 2 is 1.89 bits per heavy atom. The average molecular weight is 384 g/mol. The Hall–Kier alpha value is -1.22. The Balaban J connectivity index is 1.58. The van der Waals surface area contributed by atoms with E-state index in [1.165, 1.54) is 0 Å². The zero-order chi connectivity index (χ0) is 19.4. The number of carboxylic acid groups (broad SMARTS) is 1. The maximum atomic E-state index is 12.1. The number of ether oxygens (including phenoxy) is 3. The minimum absolute atomic E-state index is 0.0670. The van der Waals surface area contributed by atoms with Gasteiger partial charge in [0, 0.05) is 18.3 Å². The summed E-state index contributed by atoms with van der Waals surface area (Å²) in [4.78, 5) is 34.5. The summed E-state index contributed by atoms with van der Waals surface area (Å²) in [7, 11) is 0. The number of carbonyl (C=O) groups excluding carboxylic acids is 1. The molecule has 4 aliphatic heterocycles. The van der Waals surface area contributed by atoms with Crippen molar-refractivity contribution in [1.82, 2.24) is 0 Å². The van der Waals surface area contributed by atoms with Crippen LogP contribution in [-0.4, -0.2) is 41.0 Å². The molecule has 1 unspecified atom stereocenters. The second kappa shape index (κ2) is 6.69. The molecule has 4 saturated heterocycles. The van der Waals surface area contributed by atoms with Crippen molar-refractivity contribution >= 4 is 11.9 Å². The van der Waals surface area contributed by atoms with Gasteiger partial charge in [0.05, 0.1) is 12.8 Å². The Kier molecular flexibility index (Phi) is 4.73. The van der Waals surface area contributed by atoms with Crippen LogP contribution < -0.4 is 0 Å². The first-order chi connectivity index (χ1) is 12.7. The van der Waals surface area contributed by atoms with Crippen molar-refractivity contribution in [1.29, 1.82) is 0 Å². The van der Waals surface area contributed by atoms with Crippen LogP contribution in [0, 0.1) is 23.7 Å². The minimum atomic E-state index is -1.03. The molecule has 152 valence electrons. The molecule has 4 heterocycles. The molecule has 0 aromatic carbocycles. The highest BCUT2D eigenvalue weighted by Crippen LogP contribution is 2.60. The molecule has 1 N–H and O–H groups in total. The maximum absolute atomic E-state index is 12.1. The van der Waals surface area contributed by atoms with Crippen LogP contribution in [0.3, 0.4) is 0 Å². The predicted molar refractivity (Wildman–Crippen MR) is 89.8 cm³/mol. The molecule has 1 spiro atoms. The number of carboxylic acids is 1. The van der Waals surface area contributed by atoms with Gasteiger partial charge in [-0.2, -0.15) is 0 Å². The molecule has 1 saturated carbocycles. The molecule has 8 heteroatoms. The van der Waals surface area contributed by atoms with Gasteiger partial charge in [-0.25, -0.2) is 9.78 Å². The standard InChI is InChI=1S/C19H28O8/c1-10-4-5-13-11(2)16(23-15(22)7-6-14(20)21)24-17-19(13)12(10)8-9-18(3,25-17)26-27-19/h10-13,16-17H,4-9H2,1-3H3,(H,20,21)/t10-,11-,12+,13+,16-,17-,18?,19-/m1/s1. The molecule has 8 nitrogen and oxygen atoms in total. The summed E-state index contributed by atoms with van der Waals surface area (Å²) < 4.78 is 17.8. The Morgan fingerprint density at radius 3 is 2.63 bits per heavy atom. The summed E-state index contributed by atoms with van der Waals surface area (Å²) in [6, 6.07) is 0. The minimum Gasteiger partial charge on any atom is -0.481 e. The lowest BCUT2D eigenvalue weighted by Crippen LogP contribution is -2.70. The summed E-state index contributed by atoms with van der Waals surface area (Å²) in [5.41, 5.74) is -0.697.